The quantitative estimate of drug-likeness (QED) is 0.319. The Labute approximate surface area is 193 Å². The maximum absolute atomic E-state index is 13.7. The van der Waals surface area contributed by atoms with Gasteiger partial charge >= 0.3 is 0 Å². The number of thioether (sulfide) groups is 1. The molecular formula is C25H32FIOS. The molecule has 158 valence electrons. The predicted molar refractivity (Wildman–Crippen MR) is 131 cm³/mol. The van der Waals surface area contributed by atoms with Crippen LogP contribution in [-0.2, 0) is 0 Å². The molecule has 4 heteroatoms. The fourth-order valence-electron chi connectivity index (χ4n) is 4.51. The fraction of sp³-hybridized carbons (Fsp3) is 0.520. The minimum atomic E-state index is -0.162. The molecule has 0 bridgehead atoms. The highest BCUT2D eigenvalue weighted by atomic mass is 127. The lowest BCUT2D eigenvalue weighted by Crippen LogP contribution is -2.26. The Kier molecular flexibility index (Phi) is 8.32. The van der Waals surface area contributed by atoms with Gasteiger partial charge in [-0.1, -0.05) is 51.7 Å². The van der Waals surface area contributed by atoms with E-state index in [1.165, 1.54) is 54.5 Å². The standard InChI is InChI=1S/C25H32FIOS/c1-4-6-12-25(13-7-5-2)16-21(18-8-10-19(26)11-9-18)20-14-22(27)23(28-3)15-24(20)29-17-25/h8-11,14-15,21H,4-7,12-13,16-17H2,1-3H3. The van der Waals surface area contributed by atoms with E-state index < -0.39 is 0 Å². The number of benzene rings is 2. The van der Waals surface area contributed by atoms with Crippen molar-refractivity contribution in [3.63, 3.8) is 0 Å². The molecular weight excluding hydrogens is 494 g/mol. The third kappa shape index (κ3) is 5.49. The summed E-state index contributed by atoms with van der Waals surface area (Å²) >= 11 is 4.37. The molecule has 3 rings (SSSR count). The Morgan fingerprint density at radius 1 is 1.10 bits per heavy atom. The molecule has 1 aliphatic heterocycles. The molecule has 0 spiro atoms. The van der Waals surface area contributed by atoms with Crippen LogP contribution >= 0.6 is 34.4 Å². The first-order chi connectivity index (χ1) is 14.0. The summed E-state index contributed by atoms with van der Waals surface area (Å²) in [5.41, 5.74) is 2.93. The number of ether oxygens (including phenoxy) is 1. The van der Waals surface area contributed by atoms with Crippen LogP contribution in [0.3, 0.4) is 0 Å². The molecule has 0 N–H and O–H groups in total. The van der Waals surface area contributed by atoms with Crippen molar-refractivity contribution < 1.29 is 9.13 Å². The van der Waals surface area contributed by atoms with Crippen molar-refractivity contribution in [2.75, 3.05) is 12.9 Å². The highest BCUT2D eigenvalue weighted by molar-refractivity contribution is 14.1. The molecule has 1 nitrogen and oxygen atoms in total. The molecule has 0 saturated heterocycles. The molecule has 1 heterocycles. The normalized spacial score (nSPS) is 18.2. The lowest BCUT2D eigenvalue weighted by molar-refractivity contribution is 0.233. The van der Waals surface area contributed by atoms with Gasteiger partial charge in [0.05, 0.1) is 10.7 Å². The van der Waals surface area contributed by atoms with Gasteiger partial charge in [0, 0.05) is 16.6 Å². The third-order valence-corrected chi connectivity index (χ3v) is 8.49. The van der Waals surface area contributed by atoms with Crippen molar-refractivity contribution >= 4 is 34.4 Å². The summed E-state index contributed by atoms with van der Waals surface area (Å²) in [5.74, 6) is 2.24. The Morgan fingerprint density at radius 2 is 1.76 bits per heavy atom. The Balaban J connectivity index is 2.08. The molecule has 0 aromatic heterocycles. The summed E-state index contributed by atoms with van der Waals surface area (Å²) in [6, 6.07) is 11.7. The second-order valence-electron chi connectivity index (χ2n) is 8.33. The van der Waals surface area contributed by atoms with Crippen molar-refractivity contribution in [2.24, 2.45) is 5.41 Å². The van der Waals surface area contributed by atoms with Gasteiger partial charge < -0.3 is 4.74 Å². The van der Waals surface area contributed by atoms with Crippen molar-refractivity contribution in [1.82, 2.24) is 0 Å². The molecule has 2 aromatic rings. The van der Waals surface area contributed by atoms with Crippen LogP contribution in [0, 0.1) is 14.8 Å². The first-order valence-electron chi connectivity index (χ1n) is 10.8. The number of hydrogen-bond acceptors (Lipinski definition) is 2. The first kappa shape index (κ1) is 22.9. The monoisotopic (exact) mass is 526 g/mol. The van der Waals surface area contributed by atoms with Crippen LogP contribution in [0.1, 0.15) is 75.8 Å². The minimum Gasteiger partial charge on any atom is -0.496 e. The lowest BCUT2D eigenvalue weighted by Gasteiger charge is -2.35. The molecule has 0 aliphatic carbocycles. The molecule has 29 heavy (non-hydrogen) atoms. The number of unbranched alkanes of at least 4 members (excludes halogenated alkanes) is 2. The van der Waals surface area contributed by atoms with Crippen LogP contribution in [0.2, 0.25) is 0 Å². The topological polar surface area (TPSA) is 9.23 Å². The zero-order chi connectivity index (χ0) is 20.9. The van der Waals surface area contributed by atoms with E-state index in [0.717, 1.165) is 21.5 Å². The van der Waals surface area contributed by atoms with Gasteiger partial charge in [0.25, 0.3) is 0 Å². The number of hydrogen-bond donors (Lipinski definition) is 0. The molecule has 0 amide bonds. The van der Waals surface area contributed by atoms with E-state index in [4.69, 9.17) is 4.74 Å². The lowest BCUT2D eigenvalue weighted by atomic mass is 9.70. The van der Waals surface area contributed by atoms with E-state index in [2.05, 4.69) is 48.6 Å². The van der Waals surface area contributed by atoms with Crippen LogP contribution in [-0.4, -0.2) is 12.9 Å². The van der Waals surface area contributed by atoms with Crippen LogP contribution in [0.4, 0.5) is 4.39 Å². The van der Waals surface area contributed by atoms with Crippen LogP contribution in [0.25, 0.3) is 0 Å². The van der Waals surface area contributed by atoms with Crippen LogP contribution < -0.4 is 4.74 Å². The molecule has 1 atom stereocenters. The summed E-state index contributed by atoms with van der Waals surface area (Å²) in [4.78, 5) is 1.33. The van der Waals surface area contributed by atoms with Crippen molar-refractivity contribution in [2.45, 2.75) is 69.6 Å². The molecule has 2 aromatic carbocycles. The second kappa shape index (κ2) is 10.5. The molecule has 1 unspecified atom stereocenters. The van der Waals surface area contributed by atoms with Gasteiger partial charge in [-0.15, -0.1) is 11.8 Å². The number of halogens is 2. The summed E-state index contributed by atoms with van der Waals surface area (Å²) in [6.45, 7) is 4.58. The van der Waals surface area contributed by atoms with Gasteiger partial charge in [-0.25, -0.2) is 4.39 Å². The van der Waals surface area contributed by atoms with Crippen LogP contribution in [0.15, 0.2) is 41.3 Å². The number of methoxy groups -OCH3 is 1. The van der Waals surface area contributed by atoms with E-state index in [-0.39, 0.29) is 5.82 Å². The van der Waals surface area contributed by atoms with Gasteiger partial charge in [-0.05, 0) is 82.7 Å². The smallest absolute Gasteiger partial charge is 0.133 e. The maximum Gasteiger partial charge on any atom is 0.133 e. The average molecular weight is 526 g/mol. The van der Waals surface area contributed by atoms with Gasteiger partial charge in [0.15, 0.2) is 0 Å². The van der Waals surface area contributed by atoms with Crippen molar-refractivity contribution in [3.05, 3.63) is 56.9 Å². The molecule has 1 aliphatic rings. The number of rotatable bonds is 8. The predicted octanol–water partition coefficient (Wildman–Crippen LogP) is 8.43. The zero-order valence-electron chi connectivity index (χ0n) is 17.8. The van der Waals surface area contributed by atoms with E-state index >= 15 is 0 Å². The molecule has 0 fully saturated rings. The molecule has 0 radical (unpaired) electrons. The van der Waals surface area contributed by atoms with E-state index in [1.807, 2.05) is 23.9 Å². The van der Waals surface area contributed by atoms with Crippen molar-refractivity contribution in [3.8, 4) is 5.75 Å². The minimum absolute atomic E-state index is 0.162. The highest BCUT2D eigenvalue weighted by Crippen LogP contribution is 2.52. The van der Waals surface area contributed by atoms with E-state index in [1.54, 1.807) is 19.2 Å². The van der Waals surface area contributed by atoms with Gasteiger partial charge in [-0.2, -0.15) is 0 Å². The second-order valence-corrected chi connectivity index (χ2v) is 10.5. The third-order valence-electron chi connectivity index (χ3n) is 6.22. The van der Waals surface area contributed by atoms with E-state index in [9.17, 15) is 4.39 Å². The van der Waals surface area contributed by atoms with Gasteiger partial charge in [0.2, 0.25) is 0 Å². The summed E-state index contributed by atoms with van der Waals surface area (Å²) in [7, 11) is 1.75. The fourth-order valence-corrected chi connectivity index (χ4v) is 6.64. The zero-order valence-corrected chi connectivity index (χ0v) is 20.7. The van der Waals surface area contributed by atoms with E-state index in [0.29, 0.717) is 11.3 Å². The Bertz CT molecular complexity index is 797. The summed E-state index contributed by atoms with van der Waals surface area (Å²) in [5, 5.41) is 0. The number of fused-ring (bicyclic) bond motifs is 1. The van der Waals surface area contributed by atoms with Gasteiger partial charge in [-0.3, -0.25) is 0 Å². The first-order valence-corrected chi connectivity index (χ1v) is 12.8. The Hall–Kier alpha value is -0.750. The largest absolute Gasteiger partial charge is 0.496 e. The van der Waals surface area contributed by atoms with Gasteiger partial charge in [0.1, 0.15) is 11.6 Å². The Morgan fingerprint density at radius 3 is 2.34 bits per heavy atom. The summed E-state index contributed by atoms with van der Waals surface area (Å²) < 4.78 is 20.4. The summed E-state index contributed by atoms with van der Waals surface area (Å²) in [6.07, 6.45) is 8.71. The highest BCUT2D eigenvalue weighted by Gasteiger charge is 2.37. The molecule has 0 saturated carbocycles. The van der Waals surface area contributed by atoms with Crippen LogP contribution in [0.5, 0.6) is 5.75 Å². The average Bonchev–Trinajstić information content (AvgIpc) is 2.88. The van der Waals surface area contributed by atoms with Crippen molar-refractivity contribution in [1.29, 1.82) is 0 Å². The maximum atomic E-state index is 13.7. The SMILES string of the molecule is CCCCC1(CCCC)CSc2cc(OC)c(I)cc2C(c2ccc(F)cc2)C1.